The molecule has 0 unspecified atom stereocenters. The Morgan fingerprint density at radius 3 is 2.82 bits per heavy atom. The van der Waals surface area contributed by atoms with Crippen molar-refractivity contribution in [1.29, 1.82) is 0 Å². The van der Waals surface area contributed by atoms with E-state index in [1.54, 1.807) is 0 Å². The zero-order chi connectivity index (χ0) is 12.3. The monoisotopic (exact) mass is 236 g/mol. The molecule has 2 N–H and O–H groups in total. The molecular weight excluding hydrogens is 227 g/mol. The van der Waals surface area contributed by atoms with Crippen LogP contribution in [0.3, 0.4) is 0 Å². The highest BCUT2D eigenvalue weighted by atomic mass is 19.1. The van der Waals surface area contributed by atoms with E-state index < -0.39 is 11.9 Å². The Morgan fingerprint density at radius 2 is 2.24 bits per heavy atom. The molecule has 0 bridgehead atoms. The Hall–Kier alpha value is -2.31. The fraction of sp³-hybridized carbons (Fsp3) is 0.200. The first-order valence-corrected chi connectivity index (χ1v) is 4.93. The highest BCUT2D eigenvalue weighted by Gasteiger charge is 2.18. The first-order valence-electron chi connectivity index (χ1n) is 4.93. The van der Waals surface area contributed by atoms with Gasteiger partial charge in [0, 0.05) is 12.8 Å². The van der Waals surface area contributed by atoms with Crippen LogP contribution in [0.5, 0.6) is 0 Å². The third kappa shape index (κ3) is 2.83. The van der Waals surface area contributed by atoms with E-state index in [4.69, 9.17) is 0 Å². The molecule has 7 heteroatoms. The van der Waals surface area contributed by atoms with Crippen molar-refractivity contribution in [2.24, 2.45) is 5.10 Å². The summed E-state index contributed by atoms with van der Waals surface area (Å²) in [5, 5.41) is 6.14. The highest BCUT2D eigenvalue weighted by Crippen LogP contribution is 2.07. The number of carbonyl (C=O) groups is 2. The predicted octanol–water partition coefficient (Wildman–Crippen LogP) is 0.425. The van der Waals surface area contributed by atoms with Crippen molar-refractivity contribution < 1.29 is 14.0 Å². The van der Waals surface area contributed by atoms with E-state index in [-0.39, 0.29) is 24.5 Å². The summed E-state index contributed by atoms with van der Waals surface area (Å²) < 4.78 is 12.5. The second-order valence-corrected chi connectivity index (χ2v) is 3.42. The fourth-order valence-electron chi connectivity index (χ4n) is 1.29. The second kappa shape index (κ2) is 4.69. The smallest absolute Gasteiger partial charge is 0.271 e. The van der Waals surface area contributed by atoms with Crippen LogP contribution in [-0.4, -0.2) is 22.5 Å². The van der Waals surface area contributed by atoms with Crippen LogP contribution in [0.2, 0.25) is 0 Å². The predicted molar refractivity (Wildman–Crippen MR) is 57.6 cm³/mol. The lowest BCUT2D eigenvalue weighted by Gasteiger charge is -2.11. The topological polar surface area (TPSA) is 83.5 Å². The van der Waals surface area contributed by atoms with Gasteiger partial charge < -0.3 is 5.32 Å². The number of hydrazone groups is 1. The summed E-state index contributed by atoms with van der Waals surface area (Å²) in [5.74, 6) is -1.27. The van der Waals surface area contributed by atoms with Crippen LogP contribution in [0.25, 0.3) is 0 Å². The molecule has 0 fully saturated rings. The number of amides is 2. The first kappa shape index (κ1) is 11.2. The molecule has 0 saturated heterocycles. The number of nitrogens with one attached hydrogen (secondary N) is 2. The van der Waals surface area contributed by atoms with Crippen molar-refractivity contribution in [1.82, 2.24) is 10.4 Å². The van der Waals surface area contributed by atoms with Gasteiger partial charge in [-0.2, -0.15) is 9.49 Å². The number of rotatable bonds is 2. The number of hydrogen-bond acceptors (Lipinski definition) is 4. The molecule has 0 aliphatic carbocycles. The van der Waals surface area contributed by atoms with Crippen molar-refractivity contribution in [3.05, 3.63) is 24.3 Å². The zero-order valence-electron chi connectivity index (χ0n) is 8.74. The number of hydrogen-bond donors (Lipinski definition) is 2. The van der Waals surface area contributed by atoms with Crippen LogP contribution < -0.4 is 10.7 Å². The summed E-state index contributed by atoms with van der Waals surface area (Å²) in [5.41, 5.74) is 2.82. The van der Waals surface area contributed by atoms with Gasteiger partial charge in [-0.05, 0) is 12.1 Å². The number of halogens is 1. The van der Waals surface area contributed by atoms with Gasteiger partial charge in [0.25, 0.3) is 5.91 Å². The molecule has 1 aromatic heterocycles. The van der Waals surface area contributed by atoms with Crippen molar-refractivity contribution in [2.45, 2.75) is 12.8 Å². The Balaban J connectivity index is 2.02. The fourth-order valence-corrected chi connectivity index (χ4v) is 1.29. The minimum atomic E-state index is -0.620. The normalized spacial score (nSPS) is 14.9. The van der Waals surface area contributed by atoms with E-state index >= 15 is 0 Å². The molecule has 17 heavy (non-hydrogen) atoms. The molecular formula is C10H9FN4O2. The maximum Gasteiger partial charge on any atom is 0.271 e. The molecule has 0 atom stereocenters. The zero-order valence-corrected chi connectivity index (χ0v) is 8.74. The Morgan fingerprint density at radius 1 is 1.41 bits per heavy atom. The molecule has 0 aromatic carbocycles. The Labute approximate surface area is 95.9 Å². The largest absolute Gasteiger partial charge is 0.319 e. The van der Waals surface area contributed by atoms with Gasteiger partial charge >= 0.3 is 0 Å². The lowest BCUT2D eigenvalue weighted by atomic mass is 10.1. The number of anilines is 1. The molecule has 2 rings (SSSR count). The number of nitrogens with zero attached hydrogens (tertiary/aromatic N) is 2. The van der Waals surface area contributed by atoms with E-state index in [1.165, 1.54) is 12.3 Å². The van der Waals surface area contributed by atoms with Crippen molar-refractivity contribution in [2.75, 3.05) is 5.32 Å². The first-order chi connectivity index (χ1) is 8.15. The van der Waals surface area contributed by atoms with Gasteiger partial charge in [0.2, 0.25) is 11.9 Å². The minimum Gasteiger partial charge on any atom is -0.319 e. The summed E-state index contributed by atoms with van der Waals surface area (Å²) in [6, 6.07) is 2.53. The Bertz CT molecular complexity index is 484. The highest BCUT2D eigenvalue weighted by molar-refractivity contribution is 6.43. The van der Waals surface area contributed by atoms with Gasteiger partial charge in [-0.1, -0.05) is 0 Å². The molecule has 0 saturated carbocycles. The van der Waals surface area contributed by atoms with Gasteiger partial charge in [-0.3, -0.25) is 9.59 Å². The molecule has 1 aromatic rings. The van der Waals surface area contributed by atoms with Gasteiger partial charge in [0.05, 0.1) is 11.9 Å². The molecule has 6 nitrogen and oxygen atoms in total. The molecule has 1 aliphatic rings. The van der Waals surface area contributed by atoms with Gasteiger partial charge in [0.1, 0.15) is 5.71 Å². The summed E-state index contributed by atoms with van der Waals surface area (Å²) in [6.45, 7) is 0. The number of aromatic nitrogens is 1. The molecule has 0 radical (unpaired) electrons. The van der Waals surface area contributed by atoms with Crippen molar-refractivity contribution in [3.8, 4) is 0 Å². The molecule has 1 aliphatic heterocycles. The second-order valence-electron chi connectivity index (χ2n) is 3.42. The third-order valence-corrected chi connectivity index (χ3v) is 2.15. The maximum atomic E-state index is 12.5. The lowest BCUT2D eigenvalue weighted by molar-refractivity contribution is -0.121. The van der Waals surface area contributed by atoms with Crippen LogP contribution in [0.15, 0.2) is 23.4 Å². The summed E-state index contributed by atoms with van der Waals surface area (Å²) in [6.07, 6.45) is 1.72. The summed E-state index contributed by atoms with van der Waals surface area (Å²) in [4.78, 5) is 25.9. The quantitative estimate of drug-likeness (QED) is 0.730. The number of pyridine rings is 1. The van der Waals surface area contributed by atoms with Crippen molar-refractivity contribution >= 4 is 23.2 Å². The van der Waals surface area contributed by atoms with Crippen LogP contribution in [0.1, 0.15) is 12.8 Å². The van der Waals surface area contributed by atoms with E-state index in [2.05, 4.69) is 20.8 Å². The van der Waals surface area contributed by atoms with E-state index in [0.29, 0.717) is 5.69 Å². The third-order valence-electron chi connectivity index (χ3n) is 2.15. The van der Waals surface area contributed by atoms with Crippen molar-refractivity contribution in [3.63, 3.8) is 0 Å². The summed E-state index contributed by atoms with van der Waals surface area (Å²) >= 11 is 0. The van der Waals surface area contributed by atoms with Crippen LogP contribution in [0.4, 0.5) is 10.1 Å². The maximum absolute atomic E-state index is 12.5. The molecule has 88 valence electrons. The van der Waals surface area contributed by atoms with Crippen LogP contribution >= 0.6 is 0 Å². The molecule has 2 amide bonds. The van der Waals surface area contributed by atoms with Crippen LogP contribution in [0, 0.1) is 5.95 Å². The van der Waals surface area contributed by atoms with E-state index in [1.807, 2.05) is 0 Å². The van der Waals surface area contributed by atoms with E-state index in [9.17, 15) is 14.0 Å². The van der Waals surface area contributed by atoms with Gasteiger partial charge in [-0.25, -0.2) is 10.4 Å². The average molecular weight is 236 g/mol. The SMILES string of the molecule is O=C1CCC(C(=O)Nc2ccc(F)nc2)=NN1. The average Bonchev–Trinajstić information content (AvgIpc) is 2.33. The van der Waals surface area contributed by atoms with Gasteiger partial charge in [-0.15, -0.1) is 0 Å². The lowest BCUT2D eigenvalue weighted by Crippen LogP contribution is -2.32. The minimum absolute atomic E-state index is 0.218. The van der Waals surface area contributed by atoms with Crippen LogP contribution in [-0.2, 0) is 9.59 Å². The summed E-state index contributed by atoms with van der Waals surface area (Å²) in [7, 11) is 0. The molecule has 0 spiro atoms. The van der Waals surface area contributed by atoms with E-state index in [0.717, 1.165) is 6.07 Å². The number of carbonyl (C=O) groups excluding carboxylic acids is 2. The standard InChI is InChI=1S/C10H9FN4O2/c11-8-3-1-6(5-12-8)13-10(17)7-2-4-9(16)15-14-7/h1,3,5H,2,4H2,(H,13,17)(H,15,16). The van der Waals surface area contributed by atoms with Gasteiger partial charge in [0.15, 0.2) is 0 Å². The molecule has 2 heterocycles. The Kier molecular flexibility index (Phi) is 3.08.